The lowest BCUT2D eigenvalue weighted by Gasteiger charge is -2.17. The normalized spacial score (nSPS) is 11.5. The van der Waals surface area contributed by atoms with Gasteiger partial charge in [-0.05, 0) is 37.5 Å². The number of amides is 1. The molecule has 102 valence electrons. The molecule has 3 N–H and O–H groups in total. The van der Waals surface area contributed by atoms with Crippen molar-refractivity contribution < 1.29 is 4.79 Å². The third kappa shape index (κ3) is 4.57. The van der Waals surface area contributed by atoms with Gasteiger partial charge < -0.3 is 11.1 Å². The van der Waals surface area contributed by atoms with Crippen LogP contribution in [0.3, 0.4) is 0 Å². The van der Waals surface area contributed by atoms with Crippen LogP contribution in [0.2, 0.25) is 0 Å². The summed E-state index contributed by atoms with van der Waals surface area (Å²) in [7, 11) is 0. The van der Waals surface area contributed by atoms with Gasteiger partial charge in [-0.2, -0.15) is 0 Å². The molecule has 3 nitrogen and oxygen atoms in total. The summed E-state index contributed by atoms with van der Waals surface area (Å²) in [5.41, 5.74) is 7.98. The van der Waals surface area contributed by atoms with Crippen LogP contribution in [0.1, 0.15) is 49.0 Å². The number of halogens is 1. The maximum absolute atomic E-state index is 12.1. The predicted octanol–water partition coefficient (Wildman–Crippen LogP) is 3.31. The van der Waals surface area contributed by atoms with Crippen LogP contribution < -0.4 is 11.1 Å². The second-order valence-electron chi connectivity index (χ2n) is 4.44. The summed E-state index contributed by atoms with van der Waals surface area (Å²) in [6.45, 7) is 6.14. The van der Waals surface area contributed by atoms with E-state index >= 15 is 0 Å². The fourth-order valence-electron chi connectivity index (χ4n) is 1.87. The van der Waals surface area contributed by atoms with Gasteiger partial charge in [-0.3, -0.25) is 4.79 Å². The molecule has 0 saturated carbocycles. The zero-order valence-corrected chi connectivity index (χ0v) is 12.1. The van der Waals surface area contributed by atoms with Crippen LogP contribution in [-0.2, 0) is 0 Å². The minimum atomic E-state index is -0.0184. The van der Waals surface area contributed by atoms with E-state index in [4.69, 9.17) is 5.73 Å². The molecule has 1 rings (SSSR count). The zero-order chi connectivity index (χ0) is 12.8. The van der Waals surface area contributed by atoms with Crippen molar-refractivity contribution in [2.45, 2.75) is 46.1 Å². The summed E-state index contributed by atoms with van der Waals surface area (Å²) >= 11 is 0. The molecule has 1 unspecified atom stereocenters. The highest BCUT2D eigenvalue weighted by molar-refractivity contribution is 5.96. The molecule has 0 saturated heterocycles. The Morgan fingerprint density at radius 2 is 2.06 bits per heavy atom. The number of nitrogens with two attached hydrogens (primary N) is 1. The van der Waals surface area contributed by atoms with Gasteiger partial charge in [-0.15, -0.1) is 12.4 Å². The largest absolute Gasteiger partial charge is 0.399 e. The van der Waals surface area contributed by atoms with Gasteiger partial charge in [-0.1, -0.05) is 26.3 Å². The lowest BCUT2D eigenvalue weighted by molar-refractivity contribution is 0.0933. The van der Waals surface area contributed by atoms with Gasteiger partial charge in [0.25, 0.3) is 5.91 Å². The second-order valence-corrected chi connectivity index (χ2v) is 4.44. The van der Waals surface area contributed by atoms with Gasteiger partial charge in [0.15, 0.2) is 0 Å². The van der Waals surface area contributed by atoms with Crippen molar-refractivity contribution in [1.82, 2.24) is 5.32 Å². The van der Waals surface area contributed by atoms with Gasteiger partial charge >= 0.3 is 0 Å². The van der Waals surface area contributed by atoms with Crippen molar-refractivity contribution in [2.24, 2.45) is 0 Å². The van der Waals surface area contributed by atoms with E-state index in [9.17, 15) is 4.79 Å². The molecule has 0 aromatic heterocycles. The molecule has 1 aromatic rings. The van der Waals surface area contributed by atoms with Crippen LogP contribution in [-0.4, -0.2) is 11.9 Å². The van der Waals surface area contributed by atoms with E-state index < -0.39 is 0 Å². The van der Waals surface area contributed by atoms with E-state index in [1.807, 2.05) is 19.1 Å². The van der Waals surface area contributed by atoms with Gasteiger partial charge in [0.1, 0.15) is 0 Å². The highest BCUT2D eigenvalue weighted by Crippen LogP contribution is 2.13. The minimum absolute atomic E-state index is 0. The van der Waals surface area contributed by atoms with Crippen molar-refractivity contribution in [3.05, 3.63) is 29.3 Å². The van der Waals surface area contributed by atoms with E-state index in [0.29, 0.717) is 11.3 Å². The summed E-state index contributed by atoms with van der Waals surface area (Å²) < 4.78 is 0. The van der Waals surface area contributed by atoms with E-state index in [0.717, 1.165) is 24.8 Å². The molecular formula is C14H23ClN2O. The number of carbonyl (C=O) groups is 1. The first-order valence-electron chi connectivity index (χ1n) is 6.25. The van der Waals surface area contributed by atoms with Crippen LogP contribution in [0.15, 0.2) is 18.2 Å². The average molecular weight is 271 g/mol. The molecule has 0 heterocycles. The Balaban J connectivity index is 0.00000289. The Kier molecular flexibility index (Phi) is 7.44. The van der Waals surface area contributed by atoms with Gasteiger partial charge in [0.2, 0.25) is 0 Å². The smallest absolute Gasteiger partial charge is 0.251 e. The van der Waals surface area contributed by atoms with Crippen molar-refractivity contribution in [1.29, 1.82) is 0 Å². The van der Waals surface area contributed by atoms with E-state index in [1.54, 1.807) is 6.07 Å². The molecule has 18 heavy (non-hydrogen) atoms. The molecule has 0 spiro atoms. The summed E-state index contributed by atoms with van der Waals surface area (Å²) in [6, 6.07) is 5.69. The van der Waals surface area contributed by atoms with Gasteiger partial charge in [-0.25, -0.2) is 0 Å². The summed E-state index contributed by atoms with van der Waals surface area (Å²) in [4.78, 5) is 12.1. The van der Waals surface area contributed by atoms with Crippen molar-refractivity contribution in [3.63, 3.8) is 0 Å². The molecule has 1 aromatic carbocycles. The van der Waals surface area contributed by atoms with Crippen LogP contribution >= 0.6 is 12.4 Å². The number of nitrogen functional groups attached to an aromatic ring is 1. The first kappa shape index (κ1) is 16.8. The minimum Gasteiger partial charge on any atom is -0.399 e. The molecule has 0 aliphatic heterocycles. The molecule has 0 radical (unpaired) electrons. The molecule has 4 heteroatoms. The van der Waals surface area contributed by atoms with Crippen molar-refractivity contribution in [2.75, 3.05) is 5.73 Å². The molecule has 0 aliphatic rings. The second kappa shape index (κ2) is 7.98. The molecule has 1 atom stereocenters. The van der Waals surface area contributed by atoms with Gasteiger partial charge in [0.05, 0.1) is 0 Å². The SMILES string of the molecule is CCCC(CC)NC(=O)c1cc(N)ccc1C.Cl. The summed E-state index contributed by atoms with van der Waals surface area (Å²) in [5.74, 6) is -0.0184. The number of anilines is 1. The monoisotopic (exact) mass is 270 g/mol. The maximum Gasteiger partial charge on any atom is 0.251 e. The lowest BCUT2D eigenvalue weighted by Crippen LogP contribution is -2.34. The first-order chi connectivity index (χ1) is 8.08. The Morgan fingerprint density at radius 3 is 2.61 bits per heavy atom. The van der Waals surface area contributed by atoms with Crippen LogP contribution in [0.25, 0.3) is 0 Å². The van der Waals surface area contributed by atoms with Crippen LogP contribution in [0.4, 0.5) is 5.69 Å². The van der Waals surface area contributed by atoms with E-state index in [2.05, 4.69) is 19.2 Å². The van der Waals surface area contributed by atoms with Crippen molar-refractivity contribution >= 4 is 24.0 Å². The number of hydrogen-bond donors (Lipinski definition) is 2. The Bertz CT molecular complexity index is 393. The number of nitrogens with one attached hydrogen (secondary N) is 1. The fourth-order valence-corrected chi connectivity index (χ4v) is 1.87. The maximum atomic E-state index is 12.1. The van der Waals surface area contributed by atoms with Crippen LogP contribution in [0.5, 0.6) is 0 Å². The zero-order valence-electron chi connectivity index (χ0n) is 11.3. The summed E-state index contributed by atoms with van der Waals surface area (Å²) in [6.07, 6.45) is 3.05. The van der Waals surface area contributed by atoms with Crippen molar-refractivity contribution in [3.8, 4) is 0 Å². The molecule has 0 fully saturated rings. The molecular weight excluding hydrogens is 248 g/mol. The first-order valence-corrected chi connectivity index (χ1v) is 6.25. The highest BCUT2D eigenvalue weighted by Gasteiger charge is 2.13. The van der Waals surface area contributed by atoms with Crippen LogP contribution in [0, 0.1) is 6.92 Å². The average Bonchev–Trinajstić information content (AvgIpc) is 2.31. The Hall–Kier alpha value is -1.22. The summed E-state index contributed by atoms with van der Waals surface area (Å²) in [5, 5.41) is 3.06. The number of aryl methyl sites for hydroxylation is 1. The molecule has 0 bridgehead atoms. The quantitative estimate of drug-likeness (QED) is 0.807. The number of hydrogen-bond acceptors (Lipinski definition) is 2. The lowest BCUT2D eigenvalue weighted by atomic mass is 10.1. The predicted molar refractivity (Wildman–Crippen MR) is 79.3 cm³/mol. The number of rotatable bonds is 5. The Morgan fingerprint density at radius 1 is 1.39 bits per heavy atom. The standard InChI is InChI=1S/C14H22N2O.ClH/c1-4-6-12(5-2)16-14(17)13-9-11(15)8-7-10(13)3;/h7-9,12H,4-6,15H2,1-3H3,(H,16,17);1H. The van der Waals surface area contributed by atoms with E-state index in [-0.39, 0.29) is 24.4 Å². The number of carbonyl (C=O) groups excluding carboxylic acids is 1. The highest BCUT2D eigenvalue weighted by atomic mass is 35.5. The van der Waals surface area contributed by atoms with Gasteiger partial charge in [0, 0.05) is 17.3 Å². The Labute approximate surface area is 116 Å². The fraction of sp³-hybridized carbons (Fsp3) is 0.500. The number of benzene rings is 1. The third-order valence-corrected chi connectivity index (χ3v) is 2.97. The molecule has 1 amide bonds. The topological polar surface area (TPSA) is 55.1 Å². The van der Waals surface area contributed by atoms with E-state index in [1.165, 1.54) is 0 Å². The molecule has 0 aliphatic carbocycles. The third-order valence-electron chi connectivity index (χ3n) is 2.97.